The predicted octanol–water partition coefficient (Wildman–Crippen LogP) is 7.06. The van der Waals surface area contributed by atoms with Gasteiger partial charge in [0.2, 0.25) is 17.7 Å². The number of nitrogens with two attached hydrogens (primary N) is 1. The van der Waals surface area contributed by atoms with Crippen LogP contribution in [0.3, 0.4) is 0 Å². The fourth-order valence-electron chi connectivity index (χ4n) is 6.87. The van der Waals surface area contributed by atoms with Crippen molar-refractivity contribution in [3.8, 4) is 22.3 Å². The van der Waals surface area contributed by atoms with Gasteiger partial charge in [-0.15, -0.1) is 0 Å². The van der Waals surface area contributed by atoms with E-state index in [-0.39, 0.29) is 31.4 Å². The monoisotopic (exact) mass is 752 g/mol. The van der Waals surface area contributed by atoms with E-state index in [1.54, 1.807) is 54.6 Å². The van der Waals surface area contributed by atoms with E-state index in [1.165, 1.54) is 18.2 Å². The van der Waals surface area contributed by atoms with Gasteiger partial charge in [0.15, 0.2) is 0 Å². The van der Waals surface area contributed by atoms with Gasteiger partial charge in [-0.2, -0.15) is 26.3 Å². The normalized spacial score (nSPS) is 13.7. The molecule has 0 radical (unpaired) electrons. The van der Waals surface area contributed by atoms with Crippen molar-refractivity contribution >= 4 is 23.6 Å². The molecule has 5 N–H and O–H groups in total. The van der Waals surface area contributed by atoms with Crippen LogP contribution >= 0.6 is 0 Å². The molecule has 0 saturated heterocycles. The van der Waals surface area contributed by atoms with Crippen LogP contribution in [-0.2, 0) is 26.0 Å². The second-order valence-electron chi connectivity index (χ2n) is 13.0. The molecule has 4 aromatic rings. The molecule has 4 aromatic carbocycles. The standard InChI is InChI=1S/C40H38F6N4O4/c41-39(42,43)24-49-37(54)38(31-14-6-4-11-28(31)29-12-5-7-15-32(29)38)22-8-1-9-23-48-36(53)33(20-21-34(47)51)50-35(52)30-13-3-2-10-27(30)25-16-18-26(19-17-25)40(44,45)46/h2-7,10-19,33H,1,8-9,20-24H2,(H2,47,51)(H,48,53)(H,49,54)(H,50,52)/t33-/m0/s1. The summed E-state index contributed by atoms with van der Waals surface area (Å²) in [5.41, 5.74) is 6.65. The summed E-state index contributed by atoms with van der Waals surface area (Å²) < 4.78 is 78.9. The van der Waals surface area contributed by atoms with Crippen molar-refractivity contribution in [1.29, 1.82) is 0 Å². The molecule has 0 aliphatic heterocycles. The van der Waals surface area contributed by atoms with Crippen LogP contribution in [0, 0.1) is 0 Å². The smallest absolute Gasteiger partial charge is 0.370 e. The quantitative estimate of drug-likeness (QED) is 0.0766. The summed E-state index contributed by atoms with van der Waals surface area (Å²) in [5.74, 6) is -2.74. The summed E-state index contributed by atoms with van der Waals surface area (Å²) in [6.45, 7) is -1.33. The molecule has 0 spiro atoms. The van der Waals surface area contributed by atoms with Crippen LogP contribution in [0.2, 0.25) is 0 Å². The first-order chi connectivity index (χ1) is 25.6. The number of primary amides is 1. The minimum atomic E-state index is -4.60. The molecule has 8 nitrogen and oxygen atoms in total. The van der Waals surface area contributed by atoms with Crippen LogP contribution in [0.5, 0.6) is 0 Å². The largest absolute Gasteiger partial charge is 0.416 e. The molecule has 1 aliphatic rings. The molecular weight excluding hydrogens is 714 g/mol. The van der Waals surface area contributed by atoms with Crippen LogP contribution in [0.25, 0.3) is 22.3 Å². The van der Waals surface area contributed by atoms with Gasteiger partial charge in [-0.1, -0.05) is 91.7 Å². The van der Waals surface area contributed by atoms with Crippen molar-refractivity contribution in [3.63, 3.8) is 0 Å². The van der Waals surface area contributed by atoms with Crippen molar-refractivity contribution < 1.29 is 45.5 Å². The van der Waals surface area contributed by atoms with Crippen LogP contribution in [0.15, 0.2) is 97.1 Å². The van der Waals surface area contributed by atoms with Gasteiger partial charge >= 0.3 is 12.4 Å². The minimum Gasteiger partial charge on any atom is -0.370 e. The predicted molar refractivity (Wildman–Crippen MR) is 190 cm³/mol. The molecule has 0 bridgehead atoms. The number of unbranched alkanes of at least 4 members (excludes halogenated alkanes) is 2. The first kappa shape index (κ1) is 39.5. The fourth-order valence-corrected chi connectivity index (χ4v) is 6.87. The second kappa shape index (κ2) is 16.6. The van der Waals surface area contributed by atoms with Gasteiger partial charge in [-0.25, -0.2) is 0 Å². The Morgan fingerprint density at radius 1 is 0.685 bits per heavy atom. The summed E-state index contributed by atoms with van der Waals surface area (Å²) >= 11 is 0. The van der Waals surface area contributed by atoms with E-state index in [4.69, 9.17) is 5.73 Å². The minimum absolute atomic E-state index is 0.0948. The third kappa shape index (κ3) is 9.10. The van der Waals surface area contributed by atoms with Crippen molar-refractivity contribution in [2.75, 3.05) is 13.1 Å². The first-order valence-electron chi connectivity index (χ1n) is 17.3. The molecule has 0 heterocycles. The molecule has 0 saturated carbocycles. The maximum atomic E-state index is 13.7. The van der Waals surface area contributed by atoms with Gasteiger partial charge in [-0.3, -0.25) is 19.2 Å². The Labute approximate surface area is 307 Å². The Bertz CT molecular complexity index is 1950. The average molecular weight is 753 g/mol. The van der Waals surface area contributed by atoms with Gasteiger partial charge < -0.3 is 21.7 Å². The summed E-state index contributed by atoms with van der Waals surface area (Å²) in [7, 11) is 0. The van der Waals surface area contributed by atoms with Crippen molar-refractivity contribution in [2.24, 2.45) is 5.73 Å². The summed E-state index contributed by atoms with van der Waals surface area (Å²) in [5, 5.41) is 7.47. The van der Waals surface area contributed by atoms with Crippen LogP contribution in [-0.4, -0.2) is 48.9 Å². The number of carbonyl (C=O) groups is 4. The number of nitrogens with one attached hydrogen (secondary N) is 3. The number of carbonyl (C=O) groups excluding carboxylic acids is 4. The molecule has 284 valence electrons. The Hall–Kier alpha value is -5.66. The number of alkyl halides is 6. The number of hydrogen-bond donors (Lipinski definition) is 4. The number of hydrogen-bond acceptors (Lipinski definition) is 4. The third-order valence-corrected chi connectivity index (χ3v) is 9.42. The van der Waals surface area contributed by atoms with E-state index in [2.05, 4.69) is 16.0 Å². The van der Waals surface area contributed by atoms with Crippen LogP contribution < -0.4 is 21.7 Å². The molecule has 54 heavy (non-hydrogen) atoms. The number of benzene rings is 4. The topological polar surface area (TPSA) is 130 Å². The van der Waals surface area contributed by atoms with Crippen molar-refractivity contribution in [3.05, 3.63) is 119 Å². The fraction of sp³-hybridized carbons (Fsp3) is 0.300. The van der Waals surface area contributed by atoms with E-state index in [1.807, 2.05) is 12.1 Å². The maximum absolute atomic E-state index is 13.7. The van der Waals surface area contributed by atoms with Gasteiger partial charge in [0.25, 0.3) is 5.91 Å². The average Bonchev–Trinajstić information content (AvgIpc) is 3.43. The highest BCUT2D eigenvalue weighted by atomic mass is 19.4. The number of fused-ring (bicyclic) bond motifs is 3. The van der Waals surface area contributed by atoms with Crippen LogP contribution in [0.4, 0.5) is 26.3 Å². The summed E-state index contributed by atoms with van der Waals surface area (Å²) in [4.78, 5) is 52.0. The summed E-state index contributed by atoms with van der Waals surface area (Å²) in [6.07, 6.45) is -7.96. The highest BCUT2D eigenvalue weighted by Crippen LogP contribution is 2.51. The van der Waals surface area contributed by atoms with E-state index < -0.39 is 59.5 Å². The van der Waals surface area contributed by atoms with E-state index >= 15 is 0 Å². The lowest BCUT2D eigenvalue weighted by Crippen LogP contribution is -2.47. The van der Waals surface area contributed by atoms with Gasteiger partial charge in [0, 0.05) is 18.5 Å². The zero-order chi connectivity index (χ0) is 39.1. The Morgan fingerprint density at radius 3 is 1.83 bits per heavy atom. The molecule has 4 amide bonds. The zero-order valence-electron chi connectivity index (χ0n) is 28.9. The maximum Gasteiger partial charge on any atom is 0.416 e. The first-order valence-corrected chi connectivity index (χ1v) is 17.3. The van der Waals surface area contributed by atoms with Crippen molar-refractivity contribution in [2.45, 2.75) is 62.3 Å². The molecule has 0 unspecified atom stereocenters. The lowest BCUT2D eigenvalue weighted by Gasteiger charge is -2.31. The molecule has 1 atom stereocenters. The lowest BCUT2D eigenvalue weighted by molar-refractivity contribution is -0.141. The Kier molecular flexibility index (Phi) is 12.1. The Balaban J connectivity index is 1.23. The van der Waals surface area contributed by atoms with Crippen LogP contribution in [0.1, 0.15) is 65.6 Å². The molecular formula is C40H38F6N4O4. The number of halogens is 6. The highest BCUT2D eigenvalue weighted by Gasteiger charge is 2.49. The SMILES string of the molecule is NC(=O)CC[C@H](NC(=O)c1ccccc1-c1ccc(C(F)(F)F)cc1)C(=O)NCCCCCC1(C(=O)NCC(F)(F)F)c2ccccc2-c2ccccc21. The highest BCUT2D eigenvalue weighted by molar-refractivity contribution is 6.03. The Morgan fingerprint density at radius 2 is 1.26 bits per heavy atom. The lowest BCUT2D eigenvalue weighted by atomic mass is 9.73. The van der Waals surface area contributed by atoms with Gasteiger partial charge in [0.05, 0.1) is 5.56 Å². The van der Waals surface area contributed by atoms with E-state index in [9.17, 15) is 45.5 Å². The van der Waals surface area contributed by atoms with Crippen molar-refractivity contribution in [1.82, 2.24) is 16.0 Å². The molecule has 0 fully saturated rings. The molecule has 14 heteroatoms. The summed E-state index contributed by atoms with van der Waals surface area (Å²) in [6, 6.07) is 23.6. The third-order valence-electron chi connectivity index (χ3n) is 9.42. The number of amides is 4. The zero-order valence-corrected chi connectivity index (χ0v) is 28.9. The van der Waals surface area contributed by atoms with E-state index in [0.29, 0.717) is 41.5 Å². The molecule has 5 rings (SSSR count). The molecule has 0 aromatic heterocycles. The van der Waals surface area contributed by atoms with E-state index in [0.717, 1.165) is 23.3 Å². The van der Waals surface area contributed by atoms with Gasteiger partial charge in [0.1, 0.15) is 18.0 Å². The van der Waals surface area contributed by atoms with Gasteiger partial charge in [-0.05, 0) is 70.8 Å². The number of rotatable bonds is 15. The second-order valence-corrected chi connectivity index (χ2v) is 13.0. The molecule has 1 aliphatic carbocycles.